The van der Waals surface area contributed by atoms with Crippen molar-refractivity contribution in [2.24, 2.45) is 0 Å². The summed E-state index contributed by atoms with van der Waals surface area (Å²) in [7, 11) is 0. The SMILES string of the molecule is CC#CCN1C(=O)C2CCCN2C(=O)C1C. The molecule has 2 atom stereocenters. The number of hydrogen-bond donors (Lipinski definition) is 0. The Hall–Kier alpha value is -1.50. The molecule has 0 radical (unpaired) electrons. The third-order valence-corrected chi connectivity index (χ3v) is 3.36. The van der Waals surface area contributed by atoms with Crippen LogP contribution in [0, 0.1) is 11.8 Å². The minimum absolute atomic E-state index is 0.0624. The zero-order valence-corrected chi connectivity index (χ0v) is 9.69. The van der Waals surface area contributed by atoms with E-state index in [0.717, 1.165) is 19.4 Å². The van der Waals surface area contributed by atoms with E-state index in [1.165, 1.54) is 0 Å². The Morgan fingerprint density at radius 1 is 1.38 bits per heavy atom. The molecule has 2 heterocycles. The van der Waals surface area contributed by atoms with Crippen LogP contribution in [0.1, 0.15) is 26.7 Å². The maximum atomic E-state index is 12.1. The topological polar surface area (TPSA) is 40.6 Å². The van der Waals surface area contributed by atoms with Gasteiger partial charge >= 0.3 is 0 Å². The van der Waals surface area contributed by atoms with E-state index in [0.29, 0.717) is 6.54 Å². The lowest BCUT2D eigenvalue weighted by Crippen LogP contribution is -2.61. The summed E-state index contributed by atoms with van der Waals surface area (Å²) in [5.74, 6) is 5.76. The predicted molar refractivity (Wildman–Crippen MR) is 59.4 cm³/mol. The zero-order chi connectivity index (χ0) is 11.7. The molecule has 2 fully saturated rings. The molecule has 0 saturated carbocycles. The summed E-state index contributed by atoms with van der Waals surface area (Å²) in [6.07, 6.45) is 1.73. The smallest absolute Gasteiger partial charge is 0.246 e. The molecule has 0 aromatic rings. The predicted octanol–water partition coefficient (Wildman–Crippen LogP) is 0.231. The molecule has 2 aliphatic rings. The van der Waals surface area contributed by atoms with E-state index in [4.69, 9.17) is 0 Å². The van der Waals surface area contributed by atoms with Gasteiger partial charge in [0, 0.05) is 6.54 Å². The van der Waals surface area contributed by atoms with E-state index in [9.17, 15) is 9.59 Å². The Labute approximate surface area is 95.6 Å². The monoisotopic (exact) mass is 220 g/mol. The van der Waals surface area contributed by atoms with Gasteiger partial charge in [-0.2, -0.15) is 0 Å². The van der Waals surface area contributed by atoms with Gasteiger partial charge in [0.25, 0.3) is 0 Å². The quantitative estimate of drug-likeness (QED) is 0.594. The zero-order valence-electron chi connectivity index (χ0n) is 9.69. The van der Waals surface area contributed by atoms with Crippen molar-refractivity contribution >= 4 is 11.8 Å². The normalized spacial score (nSPS) is 28.9. The molecule has 86 valence electrons. The lowest BCUT2D eigenvalue weighted by Gasteiger charge is -2.40. The van der Waals surface area contributed by atoms with Crippen molar-refractivity contribution in [2.45, 2.75) is 38.8 Å². The molecule has 2 unspecified atom stereocenters. The largest absolute Gasteiger partial charge is 0.329 e. The second-order valence-corrected chi connectivity index (χ2v) is 4.26. The number of nitrogens with zero attached hydrogens (tertiary/aromatic N) is 2. The molecule has 4 heteroatoms. The molecule has 0 bridgehead atoms. The van der Waals surface area contributed by atoms with Gasteiger partial charge in [0.1, 0.15) is 12.1 Å². The third-order valence-electron chi connectivity index (χ3n) is 3.36. The van der Waals surface area contributed by atoms with Crippen LogP contribution in [0.3, 0.4) is 0 Å². The fourth-order valence-electron chi connectivity index (χ4n) is 2.42. The average Bonchev–Trinajstić information content (AvgIpc) is 2.75. The van der Waals surface area contributed by atoms with Crippen LogP contribution in [0.4, 0.5) is 0 Å². The van der Waals surface area contributed by atoms with Gasteiger partial charge in [-0.1, -0.05) is 5.92 Å². The van der Waals surface area contributed by atoms with Crippen molar-refractivity contribution in [3.05, 3.63) is 0 Å². The number of carbonyl (C=O) groups is 2. The molecular weight excluding hydrogens is 204 g/mol. The van der Waals surface area contributed by atoms with Gasteiger partial charge in [0.15, 0.2) is 0 Å². The standard InChI is InChI=1S/C12H16N2O2/c1-3-4-7-13-9(2)11(15)14-8-5-6-10(14)12(13)16/h9-10H,5-8H2,1-2H3. The molecule has 0 aromatic heterocycles. The van der Waals surface area contributed by atoms with E-state index >= 15 is 0 Å². The van der Waals surface area contributed by atoms with Crippen LogP contribution in [0.25, 0.3) is 0 Å². The van der Waals surface area contributed by atoms with E-state index < -0.39 is 0 Å². The molecule has 0 aromatic carbocycles. The molecule has 16 heavy (non-hydrogen) atoms. The average molecular weight is 220 g/mol. The molecule has 2 aliphatic heterocycles. The molecule has 4 nitrogen and oxygen atoms in total. The van der Waals surface area contributed by atoms with Crippen LogP contribution in [-0.4, -0.2) is 46.8 Å². The van der Waals surface area contributed by atoms with Crippen molar-refractivity contribution in [3.8, 4) is 11.8 Å². The highest BCUT2D eigenvalue weighted by atomic mass is 16.2. The highest BCUT2D eigenvalue weighted by Crippen LogP contribution is 2.26. The number of hydrogen-bond acceptors (Lipinski definition) is 2. The summed E-state index contributed by atoms with van der Waals surface area (Å²) in [5, 5.41) is 0. The molecule has 2 amide bonds. The van der Waals surface area contributed by atoms with E-state index in [1.54, 1.807) is 23.6 Å². The number of carbonyl (C=O) groups excluding carboxylic acids is 2. The fourth-order valence-corrected chi connectivity index (χ4v) is 2.42. The maximum Gasteiger partial charge on any atom is 0.246 e. The van der Waals surface area contributed by atoms with Crippen LogP contribution in [0.15, 0.2) is 0 Å². The van der Waals surface area contributed by atoms with Gasteiger partial charge in [-0.05, 0) is 26.7 Å². The molecular formula is C12H16N2O2. The van der Waals surface area contributed by atoms with Gasteiger partial charge in [0.2, 0.25) is 11.8 Å². The summed E-state index contributed by atoms with van der Waals surface area (Å²) < 4.78 is 0. The van der Waals surface area contributed by atoms with E-state index in [-0.39, 0.29) is 23.9 Å². The molecule has 0 spiro atoms. The Kier molecular flexibility index (Phi) is 2.86. The number of fused-ring (bicyclic) bond motifs is 1. The maximum absolute atomic E-state index is 12.1. The second-order valence-electron chi connectivity index (χ2n) is 4.26. The van der Waals surface area contributed by atoms with Crippen LogP contribution in [0.2, 0.25) is 0 Å². The van der Waals surface area contributed by atoms with Gasteiger partial charge in [-0.25, -0.2) is 0 Å². The highest BCUT2D eigenvalue weighted by Gasteiger charge is 2.45. The van der Waals surface area contributed by atoms with Gasteiger partial charge < -0.3 is 9.80 Å². The summed E-state index contributed by atoms with van der Waals surface area (Å²) in [6, 6.07) is -0.579. The summed E-state index contributed by atoms with van der Waals surface area (Å²) in [5.41, 5.74) is 0. The summed E-state index contributed by atoms with van der Waals surface area (Å²) >= 11 is 0. The summed E-state index contributed by atoms with van der Waals surface area (Å²) in [4.78, 5) is 27.5. The second kappa shape index (κ2) is 4.17. The Bertz CT molecular complexity index is 380. The van der Waals surface area contributed by atoms with Gasteiger partial charge in [-0.15, -0.1) is 5.92 Å². The Morgan fingerprint density at radius 2 is 2.12 bits per heavy atom. The molecule has 0 aliphatic carbocycles. The first-order valence-corrected chi connectivity index (χ1v) is 5.67. The summed E-state index contributed by atoms with van der Waals surface area (Å²) in [6.45, 7) is 4.62. The van der Waals surface area contributed by atoms with E-state index in [1.807, 2.05) is 0 Å². The minimum atomic E-state index is -0.359. The van der Waals surface area contributed by atoms with Crippen molar-refractivity contribution in [3.63, 3.8) is 0 Å². The lowest BCUT2D eigenvalue weighted by atomic mass is 10.1. The Balaban J connectivity index is 2.22. The van der Waals surface area contributed by atoms with Crippen LogP contribution >= 0.6 is 0 Å². The van der Waals surface area contributed by atoms with E-state index in [2.05, 4.69) is 11.8 Å². The first-order valence-electron chi connectivity index (χ1n) is 5.67. The van der Waals surface area contributed by atoms with Crippen molar-refractivity contribution in [1.29, 1.82) is 0 Å². The Morgan fingerprint density at radius 3 is 2.81 bits per heavy atom. The molecule has 0 N–H and O–H groups in total. The number of piperazine rings is 1. The first kappa shape index (κ1) is 11.0. The number of rotatable bonds is 1. The van der Waals surface area contributed by atoms with Gasteiger partial charge in [-0.3, -0.25) is 9.59 Å². The van der Waals surface area contributed by atoms with Gasteiger partial charge in [0.05, 0.1) is 6.54 Å². The van der Waals surface area contributed by atoms with Crippen molar-refractivity contribution in [2.75, 3.05) is 13.1 Å². The van der Waals surface area contributed by atoms with Crippen LogP contribution in [0.5, 0.6) is 0 Å². The van der Waals surface area contributed by atoms with Crippen molar-refractivity contribution in [1.82, 2.24) is 9.80 Å². The molecule has 2 saturated heterocycles. The first-order chi connectivity index (χ1) is 7.66. The van der Waals surface area contributed by atoms with Crippen LogP contribution in [-0.2, 0) is 9.59 Å². The lowest BCUT2D eigenvalue weighted by molar-refractivity contribution is -0.157. The highest BCUT2D eigenvalue weighted by molar-refractivity contribution is 5.97. The van der Waals surface area contributed by atoms with Crippen LogP contribution < -0.4 is 0 Å². The molecule has 2 rings (SSSR count). The fraction of sp³-hybridized carbons (Fsp3) is 0.667. The minimum Gasteiger partial charge on any atom is -0.329 e. The third kappa shape index (κ3) is 1.57. The number of amides is 2. The van der Waals surface area contributed by atoms with Crippen molar-refractivity contribution < 1.29 is 9.59 Å².